The molecule has 2 aliphatic rings. The summed E-state index contributed by atoms with van der Waals surface area (Å²) in [5, 5.41) is 14.1. The zero-order valence-corrected chi connectivity index (χ0v) is 19.2. The van der Waals surface area contributed by atoms with Crippen molar-refractivity contribution >= 4 is 5.91 Å². The molecule has 6 nitrogen and oxygen atoms in total. The van der Waals surface area contributed by atoms with E-state index in [-0.39, 0.29) is 23.8 Å². The number of aromatic nitrogens is 2. The van der Waals surface area contributed by atoms with Gasteiger partial charge in [0.1, 0.15) is 5.82 Å². The third kappa shape index (κ3) is 4.50. The molecule has 2 aromatic carbocycles. The molecule has 0 spiro atoms. The lowest BCUT2D eigenvalue weighted by Crippen LogP contribution is -2.54. The number of carbonyl (C=O) groups is 1. The summed E-state index contributed by atoms with van der Waals surface area (Å²) in [5.74, 6) is -0.397. The summed E-state index contributed by atoms with van der Waals surface area (Å²) in [5.41, 5.74) is 2.65. The zero-order chi connectivity index (χ0) is 23.5. The molecule has 5 rings (SSSR count). The van der Waals surface area contributed by atoms with Gasteiger partial charge in [0, 0.05) is 31.2 Å². The number of nitrogens with zero attached hydrogens (tertiary/aromatic N) is 3. The molecule has 3 atom stereocenters. The second kappa shape index (κ2) is 10.1. The maximum Gasteiger partial charge on any atom is 0.275 e. The van der Waals surface area contributed by atoms with E-state index in [4.69, 9.17) is 0 Å². The van der Waals surface area contributed by atoms with Crippen molar-refractivity contribution in [2.24, 2.45) is 0 Å². The monoisotopic (exact) mass is 462 g/mol. The second-order valence-electron chi connectivity index (χ2n) is 9.29. The number of halogens is 1. The summed E-state index contributed by atoms with van der Waals surface area (Å²) < 4.78 is 16.4. The van der Waals surface area contributed by atoms with Gasteiger partial charge >= 0.3 is 0 Å². The SMILES string of the molecule is O=C(c1ncn([C@H]2CCCC[C@H]2O)c1-c1ccccc1)N1CCNC[C@H]1Cc1ccccc1F. The summed E-state index contributed by atoms with van der Waals surface area (Å²) in [7, 11) is 0. The number of piperazine rings is 1. The first-order chi connectivity index (χ1) is 16.6. The number of imidazole rings is 1. The number of benzene rings is 2. The molecule has 0 bridgehead atoms. The Morgan fingerprint density at radius 2 is 1.85 bits per heavy atom. The Hall–Kier alpha value is -3.03. The Kier molecular flexibility index (Phi) is 6.74. The van der Waals surface area contributed by atoms with E-state index in [1.54, 1.807) is 18.5 Å². The Morgan fingerprint density at radius 1 is 1.09 bits per heavy atom. The number of aliphatic hydroxyl groups excluding tert-OH is 1. The van der Waals surface area contributed by atoms with Crippen LogP contribution in [0.5, 0.6) is 0 Å². The highest BCUT2D eigenvalue weighted by Crippen LogP contribution is 2.35. The Balaban J connectivity index is 1.50. The molecule has 0 radical (unpaired) electrons. The zero-order valence-electron chi connectivity index (χ0n) is 19.2. The molecule has 1 saturated carbocycles. The molecule has 1 aliphatic carbocycles. The van der Waals surface area contributed by atoms with Gasteiger partial charge in [-0.25, -0.2) is 9.37 Å². The number of nitrogens with one attached hydrogen (secondary N) is 1. The van der Waals surface area contributed by atoms with Crippen molar-refractivity contribution in [3.63, 3.8) is 0 Å². The number of carbonyl (C=O) groups excluding carboxylic acids is 1. The smallest absolute Gasteiger partial charge is 0.275 e. The van der Waals surface area contributed by atoms with Crippen molar-refractivity contribution < 1.29 is 14.3 Å². The normalized spacial score (nSPS) is 23.1. The summed E-state index contributed by atoms with van der Waals surface area (Å²) in [6, 6.07) is 16.3. The van der Waals surface area contributed by atoms with Gasteiger partial charge in [-0.2, -0.15) is 0 Å². The molecular weight excluding hydrogens is 431 g/mol. The van der Waals surface area contributed by atoms with Crippen molar-refractivity contribution in [2.75, 3.05) is 19.6 Å². The fourth-order valence-corrected chi connectivity index (χ4v) is 5.33. The summed E-state index contributed by atoms with van der Waals surface area (Å²) in [4.78, 5) is 20.4. The molecule has 1 aromatic heterocycles. The van der Waals surface area contributed by atoms with Gasteiger partial charge in [0.05, 0.1) is 24.2 Å². The molecule has 34 heavy (non-hydrogen) atoms. The molecule has 1 aliphatic heterocycles. The van der Waals surface area contributed by atoms with Gasteiger partial charge in [-0.3, -0.25) is 4.79 Å². The molecule has 1 amide bonds. The van der Waals surface area contributed by atoms with Crippen LogP contribution in [0.15, 0.2) is 60.9 Å². The number of hydrogen-bond donors (Lipinski definition) is 2. The number of hydrogen-bond acceptors (Lipinski definition) is 4. The van der Waals surface area contributed by atoms with Crippen LogP contribution in [0.2, 0.25) is 0 Å². The number of rotatable bonds is 5. The lowest BCUT2D eigenvalue weighted by molar-refractivity contribution is 0.0628. The number of amides is 1. The van der Waals surface area contributed by atoms with Gasteiger partial charge in [-0.15, -0.1) is 0 Å². The molecule has 178 valence electrons. The van der Waals surface area contributed by atoms with E-state index < -0.39 is 6.10 Å². The molecule has 2 heterocycles. The Bertz CT molecular complexity index is 1130. The minimum absolute atomic E-state index is 0.102. The van der Waals surface area contributed by atoms with E-state index in [1.165, 1.54) is 6.07 Å². The van der Waals surface area contributed by atoms with E-state index >= 15 is 0 Å². The van der Waals surface area contributed by atoms with Gasteiger partial charge in [0.2, 0.25) is 0 Å². The number of aliphatic hydroxyl groups is 1. The van der Waals surface area contributed by atoms with Crippen molar-refractivity contribution in [1.82, 2.24) is 19.8 Å². The maximum absolute atomic E-state index is 14.4. The third-order valence-corrected chi connectivity index (χ3v) is 7.12. The van der Waals surface area contributed by atoms with Crippen LogP contribution in [0.1, 0.15) is 47.8 Å². The fourth-order valence-electron chi connectivity index (χ4n) is 5.33. The van der Waals surface area contributed by atoms with Crippen LogP contribution in [-0.2, 0) is 6.42 Å². The van der Waals surface area contributed by atoms with Crippen molar-refractivity contribution in [1.29, 1.82) is 0 Å². The predicted molar refractivity (Wildman–Crippen MR) is 129 cm³/mol. The van der Waals surface area contributed by atoms with Crippen molar-refractivity contribution in [3.8, 4) is 11.3 Å². The van der Waals surface area contributed by atoms with Crippen LogP contribution < -0.4 is 5.32 Å². The average molecular weight is 463 g/mol. The second-order valence-corrected chi connectivity index (χ2v) is 9.29. The standard InChI is InChI=1S/C27H31FN4O2/c28-22-11-5-4-10-20(22)16-21-17-29-14-15-31(21)27(34)25-26(19-8-2-1-3-9-19)32(18-30-25)23-12-6-7-13-24(23)33/h1-5,8-11,18,21,23-24,29,33H,6-7,12-17H2/t21-,23+,24-/m1/s1. The van der Waals surface area contributed by atoms with Gasteiger partial charge < -0.3 is 19.9 Å². The largest absolute Gasteiger partial charge is 0.391 e. The lowest BCUT2D eigenvalue weighted by Gasteiger charge is -2.36. The molecule has 3 aromatic rings. The summed E-state index contributed by atoms with van der Waals surface area (Å²) in [6.07, 6.45) is 5.35. The molecule has 2 fully saturated rings. The molecule has 0 unspecified atom stereocenters. The first-order valence-electron chi connectivity index (χ1n) is 12.2. The highest BCUT2D eigenvalue weighted by atomic mass is 19.1. The van der Waals surface area contributed by atoms with E-state index in [1.807, 2.05) is 45.9 Å². The summed E-state index contributed by atoms with van der Waals surface area (Å²) >= 11 is 0. The first-order valence-corrected chi connectivity index (χ1v) is 12.2. The van der Waals surface area contributed by atoms with Crippen molar-refractivity contribution in [2.45, 2.75) is 50.3 Å². The van der Waals surface area contributed by atoms with Crippen molar-refractivity contribution in [3.05, 3.63) is 78.0 Å². The minimum Gasteiger partial charge on any atom is -0.391 e. The van der Waals surface area contributed by atoms with Gasteiger partial charge in [-0.1, -0.05) is 61.4 Å². The molecular formula is C27H31FN4O2. The highest BCUT2D eigenvalue weighted by Gasteiger charge is 2.34. The topological polar surface area (TPSA) is 70.4 Å². The van der Waals surface area contributed by atoms with Crippen LogP contribution in [0.25, 0.3) is 11.3 Å². The summed E-state index contributed by atoms with van der Waals surface area (Å²) in [6.45, 7) is 1.82. The molecule has 2 N–H and O–H groups in total. The minimum atomic E-state index is -0.457. The fraction of sp³-hybridized carbons (Fsp3) is 0.407. The van der Waals surface area contributed by atoms with Gasteiger partial charge in [-0.05, 0) is 30.9 Å². The van der Waals surface area contributed by atoms with E-state index in [0.717, 1.165) is 36.9 Å². The maximum atomic E-state index is 14.4. The molecule has 1 saturated heterocycles. The average Bonchev–Trinajstić information content (AvgIpc) is 3.31. The first kappa shape index (κ1) is 22.7. The van der Waals surface area contributed by atoms with E-state index in [9.17, 15) is 14.3 Å². The van der Waals surface area contributed by atoms with Crippen LogP contribution in [0.3, 0.4) is 0 Å². The lowest BCUT2D eigenvalue weighted by atomic mass is 9.92. The quantitative estimate of drug-likeness (QED) is 0.605. The Labute approximate surface area is 199 Å². The van der Waals surface area contributed by atoms with Gasteiger partial charge in [0.15, 0.2) is 5.69 Å². The van der Waals surface area contributed by atoms with Crippen LogP contribution in [0.4, 0.5) is 4.39 Å². The van der Waals surface area contributed by atoms with Crippen LogP contribution in [0, 0.1) is 5.82 Å². The molecule has 7 heteroatoms. The van der Waals surface area contributed by atoms with E-state index in [0.29, 0.717) is 37.3 Å². The van der Waals surface area contributed by atoms with E-state index in [2.05, 4.69) is 10.3 Å². The Morgan fingerprint density at radius 3 is 2.65 bits per heavy atom. The van der Waals surface area contributed by atoms with Crippen LogP contribution >= 0.6 is 0 Å². The highest BCUT2D eigenvalue weighted by molar-refractivity contribution is 5.98. The van der Waals surface area contributed by atoms with Crippen LogP contribution in [-0.4, -0.2) is 57.2 Å². The predicted octanol–water partition coefficient (Wildman–Crippen LogP) is 3.82. The van der Waals surface area contributed by atoms with Gasteiger partial charge in [0.25, 0.3) is 5.91 Å². The third-order valence-electron chi connectivity index (χ3n) is 7.12.